The molecule has 2 rings (SSSR count). The number of aliphatic hydroxyl groups excluding tert-OH is 2. The van der Waals surface area contributed by atoms with Crippen molar-refractivity contribution in [2.45, 2.75) is 44.6 Å². The van der Waals surface area contributed by atoms with E-state index in [-0.39, 0.29) is 12.7 Å². The topological polar surface area (TPSA) is 49.7 Å². The van der Waals surface area contributed by atoms with Crippen LogP contribution in [0, 0.1) is 0 Å². The summed E-state index contributed by atoms with van der Waals surface area (Å²) in [4.78, 5) is 0. The van der Waals surface area contributed by atoms with Crippen molar-refractivity contribution in [3.05, 3.63) is 29.3 Å². The molecule has 2 N–H and O–H groups in total. The molecule has 1 atom stereocenters. The van der Waals surface area contributed by atoms with Crippen molar-refractivity contribution in [3.63, 3.8) is 0 Å². The summed E-state index contributed by atoms with van der Waals surface area (Å²) in [6.45, 7) is 0.956. The highest BCUT2D eigenvalue weighted by atomic mass is 16.5. The Hall–Kier alpha value is -1.06. The second kappa shape index (κ2) is 6.76. The van der Waals surface area contributed by atoms with Gasteiger partial charge in [0.25, 0.3) is 0 Å². The molecule has 100 valence electrons. The van der Waals surface area contributed by atoms with Crippen LogP contribution in [0.2, 0.25) is 0 Å². The number of fused-ring (bicyclic) bond motifs is 1. The molecule has 0 fully saturated rings. The predicted octanol–water partition coefficient (Wildman–Crippen LogP) is 2.60. The van der Waals surface area contributed by atoms with Gasteiger partial charge in [-0.2, -0.15) is 0 Å². The third-order valence-corrected chi connectivity index (χ3v) is 3.47. The van der Waals surface area contributed by atoms with Gasteiger partial charge in [0.15, 0.2) is 0 Å². The van der Waals surface area contributed by atoms with Gasteiger partial charge in [0, 0.05) is 6.61 Å². The van der Waals surface area contributed by atoms with Crippen LogP contribution in [-0.4, -0.2) is 23.4 Å². The fraction of sp³-hybridized carbons (Fsp3) is 0.600. The first-order valence-electron chi connectivity index (χ1n) is 6.86. The highest BCUT2D eigenvalue weighted by Gasteiger charge is 2.17. The molecule has 0 bridgehead atoms. The minimum Gasteiger partial charge on any atom is -0.494 e. The number of aryl methyl sites for hydroxylation is 1. The maximum atomic E-state index is 9.86. The van der Waals surface area contributed by atoms with Crippen LogP contribution in [0.1, 0.15) is 49.3 Å². The molecule has 0 amide bonds. The number of hydrogen-bond acceptors (Lipinski definition) is 3. The van der Waals surface area contributed by atoms with Crippen molar-refractivity contribution in [2.75, 3.05) is 13.2 Å². The van der Waals surface area contributed by atoms with Gasteiger partial charge in [-0.05, 0) is 61.8 Å². The van der Waals surface area contributed by atoms with E-state index in [1.54, 1.807) is 0 Å². The Morgan fingerprint density at radius 2 is 2.11 bits per heavy atom. The van der Waals surface area contributed by atoms with Gasteiger partial charge in [0.2, 0.25) is 0 Å². The van der Waals surface area contributed by atoms with Gasteiger partial charge in [0.05, 0.1) is 12.7 Å². The van der Waals surface area contributed by atoms with Gasteiger partial charge in [-0.15, -0.1) is 0 Å². The Morgan fingerprint density at radius 1 is 1.22 bits per heavy atom. The van der Waals surface area contributed by atoms with Crippen LogP contribution in [0.15, 0.2) is 18.2 Å². The molecule has 1 aliphatic carbocycles. The molecule has 3 nitrogen and oxygen atoms in total. The Morgan fingerprint density at radius 3 is 2.94 bits per heavy atom. The lowest BCUT2D eigenvalue weighted by atomic mass is 9.89. The molecule has 1 aliphatic rings. The van der Waals surface area contributed by atoms with E-state index in [1.165, 1.54) is 5.56 Å². The smallest absolute Gasteiger partial charge is 0.119 e. The minimum absolute atomic E-state index is 0.261. The van der Waals surface area contributed by atoms with Gasteiger partial charge in [-0.1, -0.05) is 6.07 Å². The van der Waals surface area contributed by atoms with Crippen LogP contribution in [-0.2, 0) is 6.42 Å². The Labute approximate surface area is 108 Å². The second-order valence-corrected chi connectivity index (χ2v) is 4.90. The first kappa shape index (κ1) is 13.4. The van der Waals surface area contributed by atoms with Crippen molar-refractivity contribution in [1.82, 2.24) is 0 Å². The normalized spacial score (nSPS) is 18.4. The van der Waals surface area contributed by atoms with Crippen molar-refractivity contribution < 1.29 is 14.9 Å². The molecule has 0 heterocycles. The van der Waals surface area contributed by atoms with E-state index in [1.807, 2.05) is 12.1 Å². The van der Waals surface area contributed by atoms with E-state index in [0.717, 1.165) is 49.8 Å². The molecular weight excluding hydrogens is 228 g/mol. The lowest BCUT2D eigenvalue weighted by Gasteiger charge is -2.21. The lowest BCUT2D eigenvalue weighted by Crippen LogP contribution is -2.09. The molecule has 3 heteroatoms. The van der Waals surface area contributed by atoms with E-state index in [0.29, 0.717) is 6.61 Å². The Kier molecular flexibility index (Phi) is 5.02. The summed E-state index contributed by atoms with van der Waals surface area (Å²) >= 11 is 0. The fourth-order valence-corrected chi connectivity index (χ4v) is 2.44. The molecule has 1 unspecified atom stereocenters. The number of aliphatic hydroxyl groups is 2. The van der Waals surface area contributed by atoms with E-state index < -0.39 is 0 Å². The minimum atomic E-state index is -0.299. The van der Waals surface area contributed by atoms with Gasteiger partial charge in [-0.3, -0.25) is 0 Å². The molecule has 0 spiro atoms. The largest absolute Gasteiger partial charge is 0.494 e. The van der Waals surface area contributed by atoms with Crippen molar-refractivity contribution in [1.29, 1.82) is 0 Å². The molecule has 1 aromatic carbocycles. The average Bonchev–Trinajstić information content (AvgIpc) is 2.39. The average molecular weight is 250 g/mol. The van der Waals surface area contributed by atoms with Gasteiger partial charge in [-0.25, -0.2) is 0 Å². The van der Waals surface area contributed by atoms with Crippen LogP contribution in [0.25, 0.3) is 0 Å². The zero-order valence-electron chi connectivity index (χ0n) is 10.8. The molecule has 0 saturated carbocycles. The first-order valence-corrected chi connectivity index (χ1v) is 6.86. The first-order chi connectivity index (χ1) is 8.81. The van der Waals surface area contributed by atoms with Crippen molar-refractivity contribution >= 4 is 0 Å². The molecule has 18 heavy (non-hydrogen) atoms. The van der Waals surface area contributed by atoms with Crippen molar-refractivity contribution in [2.24, 2.45) is 0 Å². The SMILES string of the molecule is OCCCCCOc1ccc2c(c1)CCCC2O. The summed E-state index contributed by atoms with van der Waals surface area (Å²) in [6, 6.07) is 5.99. The van der Waals surface area contributed by atoms with E-state index >= 15 is 0 Å². The predicted molar refractivity (Wildman–Crippen MR) is 70.8 cm³/mol. The number of ether oxygens (including phenoxy) is 1. The zero-order valence-corrected chi connectivity index (χ0v) is 10.8. The third-order valence-electron chi connectivity index (χ3n) is 3.47. The van der Waals surface area contributed by atoms with E-state index in [4.69, 9.17) is 9.84 Å². The summed E-state index contributed by atoms with van der Waals surface area (Å²) < 4.78 is 5.69. The highest BCUT2D eigenvalue weighted by Crippen LogP contribution is 2.31. The number of benzene rings is 1. The number of unbranched alkanes of at least 4 members (excludes halogenated alkanes) is 2. The van der Waals surface area contributed by atoms with Crippen LogP contribution in [0.3, 0.4) is 0 Å². The maximum Gasteiger partial charge on any atom is 0.119 e. The quantitative estimate of drug-likeness (QED) is 0.763. The molecule has 0 radical (unpaired) electrons. The van der Waals surface area contributed by atoms with Gasteiger partial charge >= 0.3 is 0 Å². The molecule has 0 saturated heterocycles. The summed E-state index contributed by atoms with van der Waals surface area (Å²) in [6.07, 6.45) is 5.48. The molecule has 1 aromatic rings. The molecule has 0 aliphatic heterocycles. The van der Waals surface area contributed by atoms with Crippen molar-refractivity contribution in [3.8, 4) is 5.75 Å². The maximum absolute atomic E-state index is 9.86. The monoisotopic (exact) mass is 250 g/mol. The fourth-order valence-electron chi connectivity index (χ4n) is 2.44. The zero-order chi connectivity index (χ0) is 12.8. The Bertz CT molecular complexity index is 376. The van der Waals surface area contributed by atoms with Crippen LogP contribution in [0.4, 0.5) is 0 Å². The molecular formula is C15H22O3. The van der Waals surface area contributed by atoms with Gasteiger partial charge < -0.3 is 14.9 Å². The molecule has 0 aromatic heterocycles. The number of rotatable bonds is 6. The Balaban J connectivity index is 1.87. The van der Waals surface area contributed by atoms with E-state index in [2.05, 4.69) is 6.07 Å². The number of hydrogen-bond donors (Lipinski definition) is 2. The van der Waals surface area contributed by atoms with E-state index in [9.17, 15) is 5.11 Å². The summed E-state index contributed by atoms with van der Waals surface area (Å²) in [5, 5.41) is 18.5. The summed E-state index contributed by atoms with van der Waals surface area (Å²) in [5.41, 5.74) is 2.29. The van der Waals surface area contributed by atoms with Crippen LogP contribution < -0.4 is 4.74 Å². The second-order valence-electron chi connectivity index (χ2n) is 4.90. The van der Waals surface area contributed by atoms with Crippen LogP contribution in [0.5, 0.6) is 5.75 Å². The van der Waals surface area contributed by atoms with Crippen LogP contribution >= 0.6 is 0 Å². The lowest BCUT2D eigenvalue weighted by molar-refractivity contribution is 0.156. The van der Waals surface area contributed by atoms with Gasteiger partial charge in [0.1, 0.15) is 5.75 Å². The highest BCUT2D eigenvalue weighted by molar-refractivity contribution is 5.38. The standard InChI is InChI=1S/C15H22O3/c16-9-2-1-3-10-18-13-7-8-14-12(11-13)5-4-6-15(14)17/h7-8,11,15-17H,1-6,9-10H2. The summed E-state index contributed by atoms with van der Waals surface area (Å²) in [5.74, 6) is 0.895. The third kappa shape index (κ3) is 3.47. The summed E-state index contributed by atoms with van der Waals surface area (Å²) in [7, 11) is 0.